The van der Waals surface area contributed by atoms with Gasteiger partial charge in [0, 0.05) is 19.3 Å². The quantitative estimate of drug-likeness (QED) is 0.0261. The van der Waals surface area contributed by atoms with Gasteiger partial charge in [0.2, 0.25) is 0 Å². The molecule has 0 rings (SSSR count). The van der Waals surface area contributed by atoms with E-state index in [1.54, 1.807) is 0 Å². The van der Waals surface area contributed by atoms with E-state index in [1.165, 1.54) is 173 Å². The summed E-state index contributed by atoms with van der Waals surface area (Å²) in [5.41, 5.74) is 0. The topological polar surface area (TPSA) is 78.9 Å². The average molecular weight is 1090 g/mol. The van der Waals surface area contributed by atoms with Crippen molar-refractivity contribution in [1.82, 2.24) is 0 Å². The summed E-state index contributed by atoms with van der Waals surface area (Å²) in [4.78, 5) is 38.1. The molecule has 1 atom stereocenters. The Balaban J connectivity index is 4.05. The largest absolute Gasteiger partial charge is 0.462 e. The Kier molecular flexibility index (Phi) is 62.7. The van der Waals surface area contributed by atoms with Gasteiger partial charge in [-0.15, -0.1) is 0 Å². The molecule has 6 heteroatoms. The molecule has 0 spiro atoms. The Morgan fingerprint density at radius 3 is 0.782 bits per heavy atom. The van der Waals surface area contributed by atoms with Crippen molar-refractivity contribution in [2.24, 2.45) is 0 Å². The fourth-order valence-electron chi connectivity index (χ4n) is 9.43. The minimum Gasteiger partial charge on any atom is -0.462 e. The molecule has 448 valence electrons. The van der Waals surface area contributed by atoms with Crippen molar-refractivity contribution in [3.05, 3.63) is 97.2 Å². The smallest absolute Gasteiger partial charge is 0.306 e. The molecule has 0 aromatic carbocycles. The van der Waals surface area contributed by atoms with Gasteiger partial charge in [-0.3, -0.25) is 14.4 Å². The fourth-order valence-corrected chi connectivity index (χ4v) is 9.43. The third-order valence-corrected chi connectivity index (χ3v) is 14.3. The molecule has 0 fully saturated rings. The van der Waals surface area contributed by atoms with Crippen LogP contribution in [0, 0.1) is 0 Å². The van der Waals surface area contributed by atoms with Crippen LogP contribution in [0.15, 0.2) is 97.2 Å². The highest BCUT2D eigenvalue weighted by Crippen LogP contribution is 2.17. The lowest BCUT2D eigenvalue weighted by atomic mass is 10.0. The molecule has 1 unspecified atom stereocenters. The van der Waals surface area contributed by atoms with Crippen LogP contribution in [0.4, 0.5) is 0 Å². The summed E-state index contributed by atoms with van der Waals surface area (Å²) >= 11 is 0. The Labute approximate surface area is 483 Å². The molecule has 0 aromatic rings. The first-order valence-corrected chi connectivity index (χ1v) is 33.2. The molecule has 0 aliphatic heterocycles. The van der Waals surface area contributed by atoms with Gasteiger partial charge in [-0.25, -0.2) is 0 Å². The van der Waals surface area contributed by atoms with E-state index in [-0.39, 0.29) is 31.1 Å². The van der Waals surface area contributed by atoms with E-state index in [9.17, 15) is 14.4 Å². The van der Waals surface area contributed by atoms with Gasteiger partial charge >= 0.3 is 17.9 Å². The molecule has 0 heterocycles. The SMILES string of the molecule is CC/C=C\C/C=C\C/C=C\C/C=C\CCCCCCCCCCCCCCCCC(=O)OCC(COC(=O)CCCCCCCC)OC(=O)CCCCCCCCCCCCCCCC/C=C\C/C=C\C/C=C\C/C=C\CC. The molecule has 0 saturated heterocycles. The van der Waals surface area contributed by atoms with Crippen molar-refractivity contribution in [3.63, 3.8) is 0 Å². The summed E-state index contributed by atoms with van der Waals surface area (Å²) in [6.07, 6.45) is 88.9. The lowest BCUT2D eigenvalue weighted by Gasteiger charge is -2.18. The van der Waals surface area contributed by atoms with Crippen molar-refractivity contribution in [3.8, 4) is 0 Å². The Morgan fingerprint density at radius 1 is 0.269 bits per heavy atom. The van der Waals surface area contributed by atoms with Crippen molar-refractivity contribution >= 4 is 17.9 Å². The van der Waals surface area contributed by atoms with Crippen molar-refractivity contribution in [2.75, 3.05) is 13.2 Å². The van der Waals surface area contributed by atoms with E-state index in [1.807, 2.05) is 0 Å². The summed E-state index contributed by atoms with van der Waals surface area (Å²) in [7, 11) is 0. The maximum atomic E-state index is 12.9. The number of ether oxygens (including phenoxy) is 3. The molecule has 0 N–H and O–H groups in total. The predicted molar refractivity (Wildman–Crippen MR) is 339 cm³/mol. The number of rotatable bonds is 60. The summed E-state index contributed by atoms with van der Waals surface area (Å²) in [6.45, 7) is 6.39. The molecule has 78 heavy (non-hydrogen) atoms. The highest BCUT2D eigenvalue weighted by molar-refractivity contribution is 5.71. The molecular formula is C72H124O6. The summed E-state index contributed by atoms with van der Waals surface area (Å²) < 4.78 is 16.8. The number of hydrogen-bond donors (Lipinski definition) is 0. The van der Waals surface area contributed by atoms with Gasteiger partial charge in [-0.2, -0.15) is 0 Å². The first-order chi connectivity index (χ1) is 38.5. The van der Waals surface area contributed by atoms with Gasteiger partial charge < -0.3 is 14.2 Å². The van der Waals surface area contributed by atoms with Crippen LogP contribution in [-0.4, -0.2) is 37.2 Å². The first-order valence-electron chi connectivity index (χ1n) is 33.2. The molecule has 0 aromatic heterocycles. The highest BCUT2D eigenvalue weighted by Gasteiger charge is 2.19. The molecule has 0 amide bonds. The van der Waals surface area contributed by atoms with E-state index in [4.69, 9.17) is 14.2 Å². The van der Waals surface area contributed by atoms with Crippen LogP contribution in [0.2, 0.25) is 0 Å². The second-order valence-electron chi connectivity index (χ2n) is 22.0. The monoisotopic (exact) mass is 1080 g/mol. The number of carbonyl (C=O) groups is 3. The zero-order chi connectivity index (χ0) is 56.4. The third kappa shape index (κ3) is 63.2. The lowest BCUT2D eigenvalue weighted by molar-refractivity contribution is -0.167. The number of esters is 3. The molecule has 0 radical (unpaired) electrons. The molecule has 0 saturated carbocycles. The van der Waals surface area contributed by atoms with Crippen LogP contribution in [0.1, 0.15) is 323 Å². The van der Waals surface area contributed by atoms with Gasteiger partial charge in [0.25, 0.3) is 0 Å². The molecule has 0 aliphatic carbocycles. The average Bonchev–Trinajstić information content (AvgIpc) is 3.44. The van der Waals surface area contributed by atoms with E-state index < -0.39 is 6.10 Å². The summed E-state index contributed by atoms with van der Waals surface area (Å²) in [5.74, 6) is -0.873. The molecule has 0 aliphatic rings. The van der Waals surface area contributed by atoms with E-state index in [0.29, 0.717) is 19.3 Å². The minimum absolute atomic E-state index is 0.0746. The minimum atomic E-state index is -0.774. The van der Waals surface area contributed by atoms with E-state index in [0.717, 1.165) is 109 Å². The summed E-state index contributed by atoms with van der Waals surface area (Å²) in [6, 6.07) is 0. The van der Waals surface area contributed by atoms with Crippen LogP contribution in [0.25, 0.3) is 0 Å². The number of allylic oxidation sites excluding steroid dienone is 16. The molecular weight excluding hydrogens is 961 g/mol. The van der Waals surface area contributed by atoms with Gasteiger partial charge in [0.15, 0.2) is 6.10 Å². The van der Waals surface area contributed by atoms with Gasteiger partial charge in [-0.1, -0.05) is 304 Å². The van der Waals surface area contributed by atoms with Crippen molar-refractivity contribution < 1.29 is 28.6 Å². The van der Waals surface area contributed by atoms with Gasteiger partial charge in [-0.05, 0) is 96.3 Å². The zero-order valence-corrected chi connectivity index (χ0v) is 51.4. The first kappa shape index (κ1) is 74.3. The highest BCUT2D eigenvalue weighted by atomic mass is 16.6. The molecule has 6 nitrogen and oxygen atoms in total. The second-order valence-corrected chi connectivity index (χ2v) is 22.0. The maximum Gasteiger partial charge on any atom is 0.306 e. The second kappa shape index (κ2) is 65.8. The zero-order valence-electron chi connectivity index (χ0n) is 51.4. The number of hydrogen-bond acceptors (Lipinski definition) is 6. The Bertz CT molecular complexity index is 1530. The predicted octanol–water partition coefficient (Wildman–Crippen LogP) is 22.8. The van der Waals surface area contributed by atoms with Crippen LogP contribution < -0.4 is 0 Å². The maximum absolute atomic E-state index is 12.9. The van der Waals surface area contributed by atoms with Gasteiger partial charge in [0.05, 0.1) is 0 Å². The summed E-state index contributed by atoms with van der Waals surface area (Å²) in [5, 5.41) is 0. The Morgan fingerprint density at radius 2 is 0.500 bits per heavy atom. The van der Waals surface area contributed by atoms with E-state index in [2.05, 4.69) is 118 Å². The fraction of sp³-hybridized carbons (Fsp3) is 0.736. The molecule has 0 bridgehead atoms. The van der Waals surface area contributed by atoms with Gasteiger partial charge in [0.1, 0.15) is 13.2 Å². The van der Waals surface area contributed by atoms with Crippen molar-refractivity contribution in [2.45, 2.75) is 329 Å². The van der Waals surface area contributed by atoms with Crippen LogP contribution >= 0.6 is 0 Å². The van der Waals surface area contributed by atoms with Crippen LogP contribution in [0.3, 0.4) is 0 Å². The standard InChI is InChI=1S/C72H124O6/c1-4-7-10-13-16-18-20-22-24-26-28-30-32-34-36-38-40-42-44-46-48-50-52-54-56-59-62-65-71(74)77-68-69(67-76-70(73)64-61-58-15-12-9-6-3)78-72(75)66-63-60-57-55-53-51-49-47-45-43-41-39-37-35-33-31-29-27-25-23-21-19-17-14-11-8-5-2/h7-8,10-11,16-19,22-25,28-31,69H,4-6,9,12-15,20-21,26-27,32-68H2,1-3H3/b10-7-,11-8-,18-16-,19-17-,24-22-,25-23-,30-28-,31-29-. The lowest BCUT2D eigenvalue weighted by Crippen LogP contribution is -2.30. The number of carbonyl (C=O) groups excluding carboxylic acids is 3. The van der Waals surface area contributed by atoms with Crippen LogP contribution in [0.5, 0.6) is 0 Å². The third-order valence-electron chi connectivity index (χ3n) is 14.3. The normalized spacial score (nSPS) is 12.7. The number of unbranched alkanes of at least 4 members (excludes halogenated alkanes) is 33. The van der Waals surface area contributed by atoms with Crippen molar-refractivity contribution in [1.29, 1.82) is 0 Å². The Hall–Kier alpha value is -3.67. The van der Waals surface area contributed by atoms with E-state index >= 15 is 0 Å². The van der Waals surface area contributed by atoms with Crippen LogP contribution in [-0.2, 0) is 28.6 Å².